The van der Waals surface area contributed by atoms with E-state index in [1.54, 1.807) is 4.90 Å². The number of nitrogens with two attached hydrogens (primary N) is 1. The second-order valence-corrected chi connectivity index (χ2v) is 15.7. The highest BCUT2D eigenvalue weighted by Crippen LogP contribution is 2.50. The molecule has 0 radical (unpaired) electrons. The lowest BCUT2D eigenvalue weighted by Gasteiger charge is -2.38. The van der Waals surface area contributed by atoms with Gasteiger partial charge in [-0.3, -0.25) is 19.2 Å². The number of nitrogens with one attached hydrogen (secondary N) is 3. The number of hydrogen-bond acceptors (Lipinski definition) is 6. The summed E-state index contributed by atoms with van der Waals surface area (Å²) in [7, 11) is 0. The number of carbonyl (C=O) groups is 5. The minimum Gasteiger partial charge on any atom is -0.374 e. The Labute approximate surface area is 250 Å². The molecule has 1 aliphatic heterocycles. The van der Waals surface area contributed by atoms with Crippen LogP contribution in [0.5, 0.6) is 0 Å². The van der Waals surface area contributed by atoms with Gasteiger partial charge in [-0.2, -0.15) is 0 Å². The molecule has 3 aliphatic rings. The molecule has 11 heteroatoms. The number of hydrogen-bond donors (Lipinski definition) is 4. The van der Waals surface area contributed by atoms with Crippen LogP contribution in [0.4, 0.5) is 4.79 Å². The van der Waals surface area contributed by atoms with Crippen molar-refractivity contribution in [1.82, 2.24) is 20.9 Å². The van der Waals surface area contributed by atoms with Crippen LogP contribution in [-0.4, -0.2) is 77.4 Å². The normalized spacial score (nSPS) is 24.5. The van der Waals surface area contributed by atoms with Crippen LogP contribution in [0.2, 0.25) is 0 Å². The van der Waals surface area contributed by atoms with Crippen LogP contribution in [0.15, 0.2) is 0 Å². The Morgan fingerprint density at radius 1 is 0.905 bits per heavy atom. The van der Waals surface area contributed by atoms with Gasteiger partial charge in [0.2, 0.25) is 17.6 Å². The number of ketones is 1. The Hall–Kier alpha value is -2.69. The summed E-state index contributed by atoms with van der Waals surface area (Å²) < 4.78 is 5.96. The van der Waals surface area contributed by atoms with Gasteiger partial charge in [-0.15, -0.1) is 0 Å². The van der Waals surface area contributed by atoms with Crippen molar-refractivity contribution >= 4 is 29.5 Å². The number of Topliss-reactive ketones (excluding diaryl/α,β-unsaturated/α-hetero) is 1. The van der Waals surface area contributed by atoms with Crippen LogP contribution < -0.4 is 21.7 Å². The van der Waals surface area contributed by atoms with Gasteiger partial charge in [0, 0.05) is 6.54 Å². The second-order valence-electron chi connectivity index (χ2n) is 15.7. The Morgan fingerprint density at radius 2 is 1.52 bits per heavy atom. The Kier molecular flexibility index (Phi) is 10.1. The fraction of sp³-hybridized carbons (Fsp3) is 0.839. The van der Waals surface area contributed by atoms with Gasteiger partial charge in [-0.1, -0.05) is 60.8 Å². The van der Waals surface area contributed by atoms with E-state index in [0.717, 1.165) is 25.7 Å². The molecule has 3 fully saturated rings. The summed E-state index contributed by atoms with van der Waals surface area (Å²) in [6.07, 6.45) is 4.11. The zero-order valence-corrected chi connectivity index (χ0v) is 27.0. The van der Waals surface area contributed by atoms with E-state index < -0.39 is 47.2 Å². The van der Waals surface area contributed by atoms with Gasteiger partial charge in [-0.25, -0.2) is 4.79 Å². The van der Waals surface area contributed by atoms with Crippen molar-refractivity contribution in [3.05, 3.63) is 0 Å². The van der Waals surface area contributed by atoms with Crippen LogP contribution in [0, 0.1) is 28.6 Å². The SMILES string of the molecule is CC(C)(C)OC[C@H](NC(=O)N[C@H](C(=O)N1C[C@@H]2C[C@@H]2C1C(=O)NC(CC1CCC1)C(=O)C(N)=O)C(C)(C)C)C(C)(C)C. The predicted octanol–water partition coefficient (Wildman–Crippen LogP) is 2.51. The summed E-state index contributed by atoms with van der Waals surface area (Å²) in [5.74, 6) is -2.25. The summed E-state index contributed by atoms with van der Waals surface area (Å²) >= 11 is 0. The van der Waals surface area contributed by atoms with E-state index in [2.05, 4.69) is 16.0 Å². The number of ether oxygens (including phenoxy) is 1. The van der Waals surface area contributed by atoms with Crippen LogP contribution in [-0.2, 0) is 23.9 Å². The Morgan fingerprint density at radius 3 is 2.00 bits per heavy atom. The Balaban J connectivity index is 1.74. The lowest BCUT2D eigenvalue weighted by molar-refractivity contribution is -0.144. The third kappa shape index (κ3) is 8.67. The number of likely N-dealkylation sites (tertiary alicyclic amines) is 1. The molecule has 1 saturated heterocycles. The second kappa shape index (κ2) is 12.5. The lowest BCUT2D eigenvalue weighted by atomic mass is 9.80. The molecule has 11 nitrogen and oxygen atoms in total. The summed E-state index contributed by atoms with van der Waals surface area (Å²) in [5, 5.41) is 8.67. The molecule has 0 bridgehead atoms. The number of rotatable bonds is 11. The molecule has 42 heavy (non-hydrogen) atoms. The number of amides is 5. The van der Waals surface area contributed by atoms with Crippen molar-refractivity contribution in [2.75, 3.05) is 13.2 Å². The van der Waals surface area contributed by atoms with Crippen molar-refractivity contribution in [3.8, 4) is 0 Å². The van der Waals surface area contributed by atoms with E-state index in [1.165, 1.54) is 0 Å². The Bertz CT molecular complexity index is 1050. The third-order valence-electron chi connectivity index (χ3n) is 8.79. The molecule has 5 amide bonds. The van der Waals surface area contributed by atoms with Crippen molar-refractivity contribution < 1.29 is 28.7 Å². The van der Waals surface area contributed by atoms with Gasteiger partial charge in [0.1, 0.15) is 12.1 Å². The molecular weight excluding hydrogens is 538 g/mol. The molecule has 0 aromatic carbocycles. The number of urea groups is 1. The predicted molar refractivity (Wildman–Crippen MR) is 159 cm³/mol. The largest absolute Gasteiger partial charge is 0.374 e. The standard InChI is InChI=1S/C31H53N5O6/c1-29(2,3)21(16-42-31(7,8)9)34-28(41)35-24(30(4,5)6)27(40)36-15-18-14-19(18)22(36)26(39)33-20(23(37)25(32)38)13-17-11-10-12-17/h17-22,24H,10-16H2,1-9H3,(H2,32,38)(H,33,39)(H2,34,35,41)/t18-,19-,20?,21-,22?,24+/m0/s1. The van der Waals surface area contributed by atoms with Crippen molar-refractivity contribution in [1.29, 1.82) is 0 Å². The number of primary amides is 1. The van der Waals surface area contributed by atoms with E-state index >= 15 is 0 Å². The molecule has 2 saturated carbocycles. The van der Waals surface area contributed by atoms with Crippen molar-refractivity contribution in [2.45, 2.75) is 124 Å². The molecule has 0 aromatic heterocycles. The summed E-state index contributed by atoms with van der Waals surface area (Å²) in [6, 6.07) is -3.49. The molecular formula is C31H53N5O6. The lowest BCUT2D eigenvalue weighted by Crippen LogP contribution is -2.62. The molecule has 0 aromatic rings. The number of piperidine rings is 1. The number of carbonyl (C=O) groups excluding carboxylic acids is 5. The van der Waals surface area contributed by atoms with Crippen LogP contribution in [0.1, 0.15) is 94.4 Å². The van der Waals surface area contributed by atoms with Gasteiger partial charge >= 0.3 is 6.03 Å². The average Bonchev–Trinajstić information content (AvgIpc) is 3.47. The fourth-order valence-electron chi connectivity index (χ4n) is 5.74. The van der Waals surface area contributed by atoms with E-state index in [9.17, 15) is 24.0 Å². The van der Waals surface area contributed by atoms with Crippen LogP contribution >= 0.6 is 0 Å². The third-order valence-corrected chi connectivity index (χ3v) is 8.79. The molecule has 1 heterocycles. The van der Waals surface area contributed by atoms with Crippen LogP contribution in [0.3, 0.4) is 0 Å². The van der Waals surface area contributed by atoms with E-state index in [4.69, 9.17) is 10.5 Å². The maximum atomic E-state index is 14.0. The van der Waals surface area contributed by atoms with Crippen molar-refractivity contribution in [3.63, 3.8) is 0 Å². The first-order valence-corrected chi connectivity index (χ1v) is 15.3. The first-order chi connectivity index (χ1) is 19.2. The van der Waals surface area contributed by atoms with Gasteiger partial charge < -0.3 is 31.3 Å². The van der Waals surface area contributed by atoms with Gasteiger partial charge in [0.25, 0.3) is 5.91 Å². The average molecular weight is 592 g/mol. The molecule has 3 rings (SSSR count). The first-order valence-electron chi connectivity index (χ1n) is 15.3. The number of fused-ring (bicyclic) bond motifs is 1. The van der Waals surface area contributed by atoms with E-state index in [-0.39, 0.29) is 40.7 Å². The maximum Gasteiger partial charge on any atom is 0.315 e. The summed E-state index contributed by atoms with van der Waals surface area (Å²) in [4.78, 5) is 66.8. The van der Waals surface area contributed by atoms with E-state index in [0.29, 0.717) is 19.6 Å². The topological polar surface area (TPSA) is 160 Å². The van der Waals surface area contributed by atoms with Gasteiger partial charge in [0.05, 0.1) is 24.3 Å². The highest BCUT2D eigenvalue weighted by atomic mass is 16.5. The van der Waals surface area contributed by atoms with Gasteiger partial charge in [0.15, 0.2) is 0 Å². The zero-order valence-electron chi connectivity index (χ0n) is 27.0. The minimum absolute atomic E-state index is 0.0174. The van der Waals surface area contributed by atoms with E-state index in [1.807, 2.05) is 62.3 Å². The monoisotopic (exact) mass is 591 g/mol. The maximum absolute atomic E-state index is 14.0. The van der Waals surface area contributed by atoms with Gasteiger partial charge in [-0.05, 0) is 62.2 Å². The molecule has 6 atom stereocenters. The molecule has 5 N–H and O–H groups in total. The fourth-order valence-corrected chi connectivity index (χ4v) is 5.74. The molecule has 238 valence electrons. The number of nitrogens with zero attached hydrogens (tertiary/aromatic N) is 1. The molecule has 2 aliphatic carbocycles. The van der Waals surface area contributed by atoms with Crippen molar-refractivity contribution in [2.24, 2.45) is 34.3 Å². The highest BCUT2D eigenvalue weighted by molar-refractivity contribution is 6.37. The molecule has 0 spiro atoms. The zero-order chi connectivity index (χ0) is 31.8. The first kappa shape index (κ1) is 33.8. The smallest absolute Gasteiger partial charge is 0.315 e. The summed E-state index contributed by atoms with van der Waals surface area (Å²) in [6.45, 7) is 18.2. The molecule has 2 unspecified atom stereocenters. The minimum atomic E-state index is -1.08. The van der Waals surface area contributed by atoms with Crippen LogP contribution in [0.25, 0.3) is 0 Å². The highest BCUT2D eigenvalue weighted by Gasteiger charge is 2.58. The summed E-state index contributed by atoms with van der Waals surface area (Å²) in [5.41, 5.74) is 3.95. The quantitative estimate of drug-likeness (QED) is 0.270.